The number of benzene rings is 4. The summed E-state index contributed by atoms with van der Waals surface area (Å²) in [6.07, 6.45) is 1.58. The molecule has 3 amide bonds. The number of carbonyl (C=O) groups excluding carboxylic acids is 3. The first-order chi connectivity index (χ1) is 20.8. The smallest absolute Gasteiger partial charge is 0.272 e. The second-order valence-electron chi connectivity index (χ2n) is 9.52. The topological polar surface area (TPSA) is 106 Å². The van der Waals surface area contributed by atoms with Crippen LogP contribution in [0.4, 0.5) is 11.4 Å². The summed E-state index contributed by atoms with van der Waals surface area (Å²) in [4.78, 5) is 39.8. The Balaban J connectivity index is 1.22. The number of anilines is 2. The van der Waals surface area contributed by atoms with Crippen LogP contribution in [0, 0.1) is 0 Å². The molecule has 1 aliphatic rings. The first-order valence-electron chi connectivity index (χ1n) is 13.5. The lowest BCUT2D eigenvalue weighted by Crippen LogP contribution is -2.30. The molecule has 4 aromatic rings. The van der Waals surface area contributed by atoms with Crippen LogP contribution in [0.3, 0.4) is 0 Å². The number of halogens is 1. The minimum Gasteiger partial charge on any atom is -0.486 e. The van der Waals surface area contributed by atoms with Gasteiger partial charge in [-0.1, -0.05) is 41.9 Å². The summed E-state index contributed by atoms with van der Waals surface area (Å²) >= 11 is 7.38. The van der Waals surface area contributed by atoms with E-state index in [0.29, 0.717) is 52.2 Å². The van der Waals surface area contributed by atoms with Crippen molar-refractivity contribution in [3.8, 4) is 11.5 Å². The van der Waals surface area contributed by atoms with Gasteiger partial charge < -0.3 is 25.4 Å². The average molecular weight is 614 g/mol. The molecule has 218 valence electrons. The number of carbonyl (C=O) groups is 3. The van der Waals surface area contributed by atoms with Gasteiger partial charge in [0.05, 0.1) is 5.25 Å². The Labute approximate surface area is 258 Å². The van der Waals surface area contributed by atoms with Crippen LogP contribution in [-0.2, 0) is 9.59 Å². The number of rotatable bonds is 9. The number of ether oxygens (including phenoxy) is 2. The van der Waals surface area contributed by atoms with Crippen LogP contribution in [0.25, 0.3) is 6.08 Å². The number of thioether (sulfide) groups is 1. The predicted octanol–water partition coefficient (Wildman–Crippen LogP) is 6.64. The molecule has 0 aliphatic carbocycles. The third kappa shape index (κ3) is 8.18. The molecule has 0 aromatic heterocycles. The van der Waals surface area contributed by atoms with Crippen LogP contribution in [0.15, 0.2) is 108 Å². The van der Waals surface area contributed by atoms with Gasteiger partial charge in [-0.2, -0.15) is 0 Å². The predicted molar refractivity (Wildman–Crippen MR) is 170 cm³/mol. The van der Waals surface area contributed by atoms with Crippen molar-refractivity contribution in [1.29, 1.82) is 0 Å². The summed E-state index contributed by atoms with van der Waals surface area (Å²) in [5, 5.41) is 8.63. The normalized spacial score (nSPS) is 13.0. The molecule has 0 spiro atoms. The highest BCUT2D eigenvalue weighted by Gasteiger charge is 2.18. The lowest BCUT2D eigenvalue weighted by molar-refractivity contribution is -0.115. The van der Waals surface area contributed by atoms with Crippen LogP contribution >= 0.6 is 23.4 Å². The van der Waals surface area contributed by atoms with Gasteiger partial charge in [-0.25, -0.2) is 0 Å². The largest absolute Gasteiger partial charge is 0.486 e. The number of hydrogen-bond acceptors (Lipinski definition) is 6. The monoisotopic (exact) mass is 613 g/mol. The van der Waals surface area contributed by atoms with E-state index in [4.69, 9.17) is 21.1 Å². The van der Waals surface area contributed by atoms with E-state index in [1.54, 1.807) is 84.9 Å². The summed E-state index contributed by atoms with van der Waals surface area (Å²) in [6.45, 7) is 2.78. The molecule has 5 rings (SSSR count). The fourth-order valence-corrected chi connectivity index (χ4v) is 5.10. The molecule has 0 radical (unpaired) electrons. The van der Waals surface area contributed by atoms with E-state index >= 15 is 0 Å². The zero-order valence-corrected chi connectivity index (χ0v) is 24.7. The lowest BCUT2D eigenvalue weighted by Gasteiger charge is -2.19. The van der Waals surface area contributed by atoms with E-state index in [-0.39, 0.29) is 11.6 Å². The van der Waals surface area contributed by atoms with E-state index in [1.165, 1.54) is 11.8 Å². The summed E-state index contributed by atoms with van der Waals surface area (Å²) in [6, 6.07) is 28.0. The summed E-state index contributed by atoms with van der Waals surface area (Å²) in [7, 11) is 0. The standard InChI is InChI=1S/C33H28ClN3O5S/c1-21(31(38)36-26-13-16-29-30(20-26)42-18-17-41-29)43-27-14-11-25(12-15-27)35-33(40)28(19-22-7-9-24(34)10-8-22)37-32(39)23-5-3-2-4-6-23/h2-16,19-21H,17-18H2,1H3,(H,35,40)(H,36,38)(H,37,39)/b28-19-. The van der Waals surface area contributed by atoms with Crippen molar-refractivity contribution in [2.75, 3.05) is 23.8 Å². The van der Waals surface area contributed by atoms with Gasteiger partial charge >= 0.3 is 0 Å². The van der Waals surface area contributed by atoms with E-state index < -0.39 is 17.1 Å². The quantitative estimate of drug-likeness (QED) is 0.144. The first-order valence-corrected chi connectivity index (χ1v) is 14.7. The zero-order chi connectivity index (χ0) is 30.2. The molecule has 4 aromatic carbocycles. The molecular weight excluding hydrogens is 586 g/mol. The van der Waals surface area contributed by atoms with Gasteiger partial charge in [0.2, 0.25) is 5.91 Å². The van der Waals surface area contributed by atoms with Crippen LogP contribution in [0.2, 0.25) is 5.02 Å². The summed E-state index contributed by atoms with van der Waals surface area (Å²) < 4.78 is 11.1. The highest BCUT2D eigenvalue weighted by molar-refractivity contribution is 8.00. The van der Waals surface area contributed by atoms with Gasteiger partial charge in [-0.15, -0.1) is 11.8 Å². The van der Waals surface area contributed by atoms with Crippen molar-refractivity contribution in [2.45, 2.75) is 17.1 Å². The molecule has 1 atom stereocenters. The maximum atomic E-state index is 13.3. The van der Waals surface area contributed by atoms with Gasteiger partial charge in [0.25, 0.3) is 11.8 Å². The van der Waals surface area contributed by atoms with E-state index in [1.807, 2.05) is 25.1 Å². The molecule has 0 saturated carbocycles. The maximum Gasteiger partial charge on any atom is 0.272 e. The Morgan fingerprint density at radius 2 is 1.49 bits per heavy atom. The first kappa shape index (κ1) is 29.8. The Bertz CT molecular complexity index is 1640. The molecule has 0 fully saturated rings. The molecule has 3 N–H and O–H groups in total. The molecule has 0 saturated heterocycles. The Kier molecular flexibility index (Phi) is 9.66. The van der Waals surface area contributed by atoms with Crippen LogP contribution in [0.5, 0.6) is 11.5 Å². The third-order valence-electron chi connectivity index (χ3n) is 6.31. The van der Waals surface area contributed by atoms with Crippen molar-refractivity contribution >= 4 is 58.5 Å². The molecule has 8 nitrogen and oxygen atoms in total. The zero-order valence-electron chi connectivity index (χ0n) is 23.1. The molecule has 1 heterocycles. The van der Waals surface area contributed by atoms with Crippen LogP contribution in [0.1, 0.15) is 22.8 Å². The van der Waals surface area contributed by atoms with E-state index in [0.717, 1.165) is 4.90 Å². The molecule has 1 aliphatic heterocycles. The fourth-order valence-electron chi connectivity index (χ4n) is 4.11. The molecular formula is C33H28ClN3O5S. The van der Waals surface area contributed by atoms with Crippen molar-refractivity contribution in [3.63, 3.8) is 0 Å². The summed E-state index contributed by atoms with van der Waals surface area (Å²) in [5.41, 5.74) is 2.34. The minimum atomic E-state index is -0.494. The highest BCUT2D eigenvalue weighted by Crippen LogP contribution is 2.33. The second kappa shape index (κ2) is 14.0. The maximum absolute atomic E-state index is 13.3. The number of fused-ring (bicyclic) bond motifs is 1. The van der Waals surface area contributed by atoms with E-state index in [2.05, 4.69) is 16.0 Å². The second-order valence-corrected chi connectivity index (χ2v) is 11.4. The molecule has 10 heteroatoms. The van der Waals surface area contributed by atoms with Gasteiger partial charge in [0, 0.05) is 32.9 Å². The minimum absolute atomic E-state index is 0.0686. The highest BCUT2D eigenvalue weighted by atomic mass is 35.5. The average Bonchev–Trinajstić information content (AvgIpc) is 3.03. The van der Waals surface area contributed by atoms with Crippen molar-refractivity contribution in [1.82, 2.24) is 5.32 Å². The van der Waals surface area contributed by atoms with Gasteiger partial charge in [-0.05, 0) is 79.2 Å². The fraction of sp³-hybridized carbons (Fsp3) is 0.121. The van der Waals surface area contributed by atoms with Crippen molar-refractivity contribution < 1.29 is 23.9 Å². The molecule has 43 heavy (non-hydrogen) atoms. The van der Waals surface area contributed by atoms with Crippen LogP contribution < -0.4 is 25.4 Å². The number of hydrogen-bond donors (Lipinski definition) is 3. The molecule has 1 unspecified atom stereocenters. The number of nitrogens with one attached hydrogen (secondary N) is 3. The van der Waals surface area contributed by atoms with E-state index in [9.17, 15) is 14.4 Å². The van der Waals surface area contributed by atoms with Crippen molar-refractivity contribution in [3.05, 3.63) is 119 Å². The third-order valence-corrected chi connectivity index (χ3v) is 7.68. The van der Waals surface area contributed by atoms with Gasteiger partial charge in [0.1, 0.15) is 18.9 Å². The Morgan fingerprint density at radius 3 is 2.21 bits per heavy atom. The number of amides is 3. The van der Waals surface area contributed by atoms with Gasteiger partial charge in [0.15, 0.2) is 11.5 Å². The van der Waals surface area contributed by atoms with Crippen molar-refractivity contribution in [2.24, 2.45) is 0 Å². The lowest BCUT2D eigenvalue weighted by atomic mass is 10.1. The van der Waals surface area contributed by atoms with Crippen LogP contribution in [-0.4, -0.2) is 36.2 Å². The Morgan fingerprint density at radius 1 is 0.814 bits per heavy atom. The summed E-state index contributed by atoms with van der Waals surface area (Å²) in [5.74, 6) is 0.195. The SMILES string of the molecule is CC(Sc1ccc(NC(=O)/C(=C/c2ccc(Cl)cc2)NC(=O)c2ccccc2)cc1)C(=O)Nc1ccc2c(c1)OCCO2. The molecule has 0 bridgehead atoms. The Hall–Kier alpha value is -4.73. The van der Waals surface area contributed by atoms with Gasteiger partial charge in [-0.3, -0.25) is 14.4 Å².